The summed E-state index contributed by atoms with van der Waals surface area (Å²) in [6.07, 6.45) is 3.95. The van der Waals surface area contributed by atoms with E-state index in [1.54, 1.807) is 6.07 Å². The van der Waals surface area contributed by atoms with Gasteiger partial charge in [0.15, 0.2) is 11.6 Å². The van der Waals surface area contributed by atoms with E-state index in [0.717, 1.165) is 41.6 Å². The van der Waals surface area contributed by atoms with Crippen LogP contribution >= 0.6 is 0 Å². The highest BCUT2D eigenvalue weighted by molar-refractivity contribution is 5.98. The number of nitrogens with one attached hydrogen (secondary N) is 1. The first-order chi connectivity index (χ1) is 13.7. The Morgan fingerprint density at radius 3 is 2.96 bits per heavy atom. The van der Waals surface area contributed by atoms with E-state index in [-0.39, 0.29) is 11.6 Å². The fraction of sp³-hybridized carbons (Fsp3) is 0.318. The molecule has 1 aliphatic rings. The van der Waals surface area contributed by atoms with Crippen LogP contribution in [0.25, 0.3) is 27.5 Å². The van der Waals surface area contributed by atoms with E-state index in [1.165, 1.54) is 29.8 Å². The van der Waals surface area contributed by atoms with Gasteiger partial charge in [-0.2, -0.15) is 5.10 Å². The zero-order valence-electron chi connectivity index (χ0n) is 16.0. The van der Waals surface area contributed by atoms with Crippen LogP contribution in [-0.2, 0) is 4.74 Å². The average molecular weight is 379 g/mol. The summed E-state index contributed by atoms with van der Waals surface area (Å²) < 4.78 is 27.3. The van der Waals surface area contributed by atoms with Crippen molar-refractivity contribution in [3.05, 3.63) is 53.6 Å². The normalized spacial score (nSPS) is 17.5. The lowest BCUT2D eigenvalue weighted by Gasteiger charge is -2.25. The van der Waals surface area contributed by atoms with Crippen LogP contribution < -0.4 is 4.74 Å². The topological polar surface area (TPSA) is 52.1 Å². The predicted molar refractivity (Wildman–Crippen MR) is 107 cm³/mol. The van der Waals surface area contributed by atoms with Crippen LogP contribution in [0.3, 0.4) is 0 Å². The first kappa shape index (κ1) is 17.3. The molecule has 1 aliphatic heterocycles. The SMILES string of the molecule is COc1cc(-n2c(C3CCCOC3)c(C)c3cc4[nH]ncc4cc32)ccc1F. The number of methoxy groups -OCH3 is 1. The molecule has 3 heterocycles. The van der Waals surface area contributed by atoms with Gasteiger partial charge in [-0.05, 0) is 49.6 Å². The minimum Gasteiger partial charge on any atom is -0.494 e. The minimum atomic E-state index is -0.362. The molecule has 4 aromatic rings. The number of hydrogen-bond donors (Lipinski definition) is 1. The Hall–Kier alpha value is -2.86. The third kappa shape index (κ3) is 2.59. The number of H-pyrrole nitrogens is 1. The van der Waals surface area contributed by atoms with Crippen molar-refractivity contribution in [3.8, 4) is 11.4 Å². The van der Waals surface area contributed by atoms with Crippen molar-refractivity contribution in [1.29, 1.82) is 0 Å². The van der Waals surface area contributed by atoms with E-state index >= 15 is 0 Å². The van der Waals surface area contributed by atoms with Gasteiger partial charge in [-0.25, -0.2) is 4.39 Å². The number of aryl methyl sites for hydroxylation is 1. The van der Waals surface area contributed by atoms with Gasteiger partial charge in [-0.1, -0.05) is 0 Å². The van der Waals surface area contributed by atoms with Crippen LogP contribution in [0, 0.1) is 12.7 Å². The van der Waals surface area contributed by atoms with E-state index in [0.29, 0.717) is 12.5 Å². The largest absolute Gasteiger partial charge is 0.494 e. The predicted octanol–water partition coefficient (Wildman–Crippen LogP) is 4.86. The fourth-order valence-corrected chi connectivity index (χ4v) is 4.41. The Morgan fingerprint density at radius 2 is 2.18 bits per heavy atom. The van der Waals surface area contributed by atoms with Crippen molar-refractivity contribution in [2.24, 2.45) is 0 Å². The molecule has 2 aromatic heterocycles. The lowest BCUT2D eigenvalue weighted by Crippen LogP contribution is -2.19. The summed E-state index contributed by atoms with van der Waals surface area (Å²) in [5.74, 6) is 0.181. The average Bonchev–Trinajstić information content (AvgIpc) is 3.29. The maximum atomic E-state index is 14.1. The van der Waals surface area contributed by atoms with E-state index in [9.17, 15) is 4.39 Å². The highest BCUT2D eigenvalue weighted by Gasteiger charge is 2.26. The van der Waals surface area contributed by atoms with Gasteiger partial charge >= 0.3 is 0 Å². The number of benzene rings is 2. The number of nitrogens with zero attached hydrogens (tertiary/aromatic N) is 2. The lowest BCUT2D eigenvalue weighted by atomic mass is 9.95. The number of hydrogen-bond acceptors (Lipinski definition) is 3. The number of fused-ring (bicyclic) bond motifs is 2. The maximum Gasteiger partial charge on any atom is 0.165 e. The highest BCUT2D eigenvalue weighted by Crippen LogP contribution is 2.39. The molecule has 1 unspecified atom stereocenters. The number of rotatable bonds is 3. The maximum absolute atomic E-state index is 14.1. The molecule has 0 saturated carbocycles. The molecule has 2 aromatic carbocycles. The van der Waals surface area contributed by atoms with Crippen molar-refractivity contribution in [3.63, 3.8) is 0 Å². The molecular formula is C22H22FN3O2. The number of aromatic nitrogens is 3. The number of halogens is 1. The quantitative estimate of drug-likeness (QED) is 0.553. The molecule has 144 valence electrons. The molecule has 0 bridgehead atoms. The van der Waals surface area contributed by atoms with Crippen molar-refractivity contribution >= 4 is 21.8 Å². The van der Waals surface area contributed by atoms with Gasteiger partial charge in [0.05, 0.1) is 30.9 Å². The zero-order valence-corrected chi connectivity index (χ0v) is 16.0. The highest BCUT2D eigenvalue weighted by atomic mass is 19.1. The summed E-state index contributed by atoms with van der Waals surface area (Å²) in [7, 11) is 1.49. The molecule has 5 rings (SSSR count). The van der Waals surface area contributed by atoms with Crippen LogP contribution in [0.5, 0.6) is 5.75 Å². The van der Waals surface area contributed by atoms with Crippen molar-refractivity contribution < 1.29 is 13.9 Å². The van der Waals surface area contributed by atoms with Gasteiger partial charge in [0.25, 0.3) is 0 Å². The van der Waals surface area contributed by atoms with E-state index < -0.39 is 0 Å². The molecule has 0 spiro atoms. The summed E-state index contributed by atoms with van der Waals surface area (Å²) >= 11 is 0. The monoisotopic (exact) mass is 379 g/mol. The third-order valence-electron chi connectivity index (χ3n) is 5.77. The summed E-state index contributed by atoms with van der Waals surface area (Å²) in [5, 5.41) is 9.44. The van der Waals surface area contributed by atoms with Gasteiger partial charge in [0.1, 0.15) is 0 Å². The summed E-state index contributed by atoms with van der Waals surface area (Å²) in [4.78, 5) is 0. The first-order valence-electron chi connectivity index (χ1n) is 9.57. The Bertz CT molecular complexity index is 1170. The van der Waals surface area contributed by atoms with Gasteiger partial charge in [-0.3, -0.25) is 5.10 Å². The van der Waals surface area contributed by atoms with Crippen LogP contribution in [0.1, 0.15) is 30.0 Å². The Morgan fingerprint density at radius 1 is 1.29 bits per heavy atom. The first-order valence-corrected chi connectivity index (χ1v) is 9.57. The lowest BCUT2D eigenvalue weighted by molar-refractivity contribution is 0.0788. The van der Waals surface area contributed by atoms with Gasteiger partial charge in [0.2, 0.25) is 0 Å². The van der Waals surface area contributed by atoms with Crippen LogP contribution in [0.2, 0.25) is 0 Å². The van der Waals surface area contributed by atoms with Crippen molar-refractivity contribution in [2.75, 3.05) is 20.3 Å². The molecule has 1 N–H and O–H groups in total. The molecular weight excluding hydrogens is 357 g/mol. The summed E-state index contributed by atoms with van der Waals surface area (Å²) in [6, 6.07) is 9.33. The molecule has 1 fully saturated rings. The van der Waals surface area contributed by atoms with Crippen LogP contribution in [0.15, 0.2) is 36.5 Å². The smallest absolute Gasteiger partial charge is 0.165 e. The second kappa shape index (κ2) is 6.63. The molecule has 6 heteroatoms. The molecule has 0 aliphatic carbocycles. The van der Waals surface area contributed by atoms with E-state index in [2.05, 4.69) is 33.8 Å². The second-order valence-electron chi connectivity index (χ2n) is 7.41. The standard InChI is InChI=1S/C22H22FN3O2/c1-13-17-10-19-15(11-24-25-19)8-20(17)26(22(13)14-4-3-7-28-12-14)16-5-6-18(23)21(9-16)27-2/h5-6,8-11,14H,3-4,7,12H2,1-2H3,(H,24,25). The van der Waals surface area contributed by atoms with Gasteiger partial charge in [-0.15, -0.1) is 0 Å². The van der Waals surface area contributed by atoms with Crippen LogP contribution in [-0.4, -0.2) is 35.1 Å². The number of ether oxygens (including phenoxy) is 2. The molecule has 0 radical (unpaired) electrons. The summed E-state index contributed by atoms with van der Waals surface area (Å²) in [5.41, 5.74) is 5.44. The Kier molecular flexibility index (Phi) is 4.09. The number of aromatic amines is 1. The van der Waals surface area contributed by atoms with Crippen LogP contribution in [0.4, 0.5) is 4.39 Å². The molecule has 0 amide bonds. The Balaban J connectivity index is 1.83. The molecule has 1 saturated heterocycles. The molecule has 1 atom stereocenters. The minimum absolute atomic E-state index is 0.243. The van der Waals surface area contributed by atoms with Gasteiger partial charge in [0, 0.05) is 40.7 Å². The molecule has 5 nitrogen and oxygen atoms in total. The summed E-state index contributed by atoms with van der Waals surface area (Å²) in [6.45, 7) is 3.68. The van der Waals surface area contributed by atoms with Crippen molar-refractivity contribution in [1.82, 2.24) is 14.8 Å². The Labute approximate surface area is 162 Å². The second-order valence-corrected chi connectivity index (χ2v) is 7.41. The zero-order chi connectivity index (χ0) is 19.3. The van der Waals surface area contributed by atoms with E-state index in [1.807, 2.05) is 12.3 Å². The van der Waals surface area contributed by atoms with Crippen molar-refractivity contribution in [2.45, 2.75) is 25.7 Å². The molecule has 28 heavy (non-hydrogen) atoms. The van der Waals surface area contributed by atoms with E-state index in [4.69, 9.17) is 9.47 Å². The van der Waals surface area contributed by atoms with Gasteiger partial charge < -0.3 is 14.0 Å². The third-order valence-corrected chi connectivity index (χ3v) is 5.77. The fourth-order valence-electron chi connectivity index (χ4n) is 4.41.